The first kappa shape index (κ1) is 21.8. The van der Waals surface area contributed by atoms with E-state index >= 15 is 0 Å². The zero-order chi connectivity index (χ0) is 23.0. The molecule has 0 aliphatic carbocycles. The van der Waals surface area contributed by atoms with Crippen molar-refractivity contribution in [3.05, 3.63) is 126 Å². The fourth-order valence-electron chi connectivity index (χ4n) is 3.32. The number of anilines is 3. The predicted octanol–water partition coefficient (Wildman–Crippen LogP) is 5.29. The maximum atomic E-state index is 12.7. The van der Waals surface area contributed by atoms with Gasteiger partial charge in [0.15, 0.2) is 6.23 Å². The number of rotatable bonds is 7. The van der Waals surface area contributed by atoms with Crippen molar-refractivity contribution < 1.29 is 14.7 Å². The second-order valence-corrected chi connectivity index (χ2v) is 7.40. The van der Waals surface area contributed by atoms with E-state index in [9.17, 15) is 14.7 Å². The lowest BCUT2D eigenvalue weighted by molar-refractivity contribution is 0.101. The quantitative estimate of drug-likeness (QED) is 0.296. The summed E-state index contributed by atoms with van der Waals surface area (Å²) in [5.74, 6) is -0.562. The molecule has 0 aromatic heterocycles. The van der Waals surface area contributed by atoms with Gasteiger partial charge in [0.1, 0.15) is 0 Å². The number of nitrogens with one attached hydrogen (secondary N) is 3. The molecule has 1 atom stereocenters. The van der Waals surface area contributed by atoms with Crippen molar-refractivity contribution in [2.45, 2.75) is 6.23 Å². The SMILES string of the molecule is O=C(Nc1cc(NC(=O)c2ccccc2)cc(NC(O)c2ccccc2)c1)c1ccccc1. The number of carbonyl (C=O) groups excluding carboxylic acids is 2. The van der Waals surface area contributed by atoms with Gasteiger partial charge in [0.05, 0.1) is 0 Å². The predicted molar refractivity (Wildman–Crippen MR) is 130 cm³/mol. The van der Waals surface area contributed by atoms with Crippen LogP contribution in [0.1, 0.15) is 32.5 Å². The molecule has 0 saturated heterocycles. The second-order valence-electron chi connectivity index (χ2n) is 7.40. The molecule has 4 N–H and O–H groups in total. The highest BCUT2D eigenvalue weighted by atomic mass is 16.3. The van der Waals surface area contributed by atoms with Gasteiger partial charge in [-0.05, 0) is 42.5 Å². The molecule has 0 aliphatic rings. The van der Waals surface area contributed by atoms with Gasteiger partial charge in [-0.1, -0.05) is 66.7 Å². The summed E-state index contributed by atoms with van der Waals surface area (Å²) >= 11 is 0. The van der Waals surface area contributed by atoms with Gasteiger partial charge in [0, 0.05) is 33.8 Å². The molecule has 33 heavy (non-hydrogen) atoms. The van der Waals surface area contributed by atoms with E-state index in [2.05, 4.69) is 16.0 Å². The highest BCUT2D eigenvalue weighted by Crippen LogP contribution is 2.26. The molecular formula is C27H23N3O3. The van der Waals surface area contributed by atoms with Crippen molar-refractivity contribution in [2.24, 2.45) is 0 Å². The average molecular weight is 437 g/mol. The van der Waals surface area contributed by atoms with Crippen LogP contribution in [0, 0.1) is 0 Å². The highest BCUT2D eigenvalue weighted by molar-refractivity contribution is 6.07. The van der Waals surface area contributed by atoms with Gasteiger partial charge in [-0.15, -0.1) is 0 Å². The van der Waals surface area contributed by atoms with Crippen LogP contribution < -0.4 is 16.0 Å². The first-order valence-electron chi connectivity index (χ1n) is 10.5. The fraction of sp³-hybridized carbons (Fsp3) is 0.0370. The molecule has 6 nitrogen and oxygen atoms in total. The summed E-state index contributed by atoms with van der Waals surface area (Å²) in [4.78, 5) is 25.3. The van der Waals surface area contributed by atoms with Crippen LogP contribution in [0.3, 0.4) is 0 Å². The van der Waals surface area contributed by atoms with Crippen molar-refractivity contribution in [1.29, 1.82) is 0 Å². The molecule has 4 aromatic rings. The van der Waals surface area contributed by atoms with Crippen LogP contribution in [0.15, 0.2) is 109 Å². The molecule has 164 valence electrons. The van der Waals surface area contributed by atoms with Crippen LogP contribution in [-0.4, -0.2) is 16.9 Å². The lowest BCUT2D eigenvalue weighted by atomic mass is 10.1. The number of aliphatic hydroxyl groups excluding tert-OH is 1. The number of benzene rings is 4. The topological polar surface area (TPSA) is 90.5 Å². The standard InChI is InChI=1S/C27H23N3O3/c31-25(19-10-4-1-5-11-19)28-22-16-23(29-26(32)20-12-6-2-7-13-20)18-24(17-22)30-27(33)21-14-8-3-9-15-21/h1-18,25,28,31H,(H,29,32)(H,30,33). The van der Waals surface area contributed by atoms with E-state index in [1.807, 2.05) is 30.3 Å². The van der Waals surface area contributed by atoms with Gasteiger partial charge in [0.25, 0.3) is 11.8 Å². The molecular weight excluding hydrogens is 414 g/mol. The Morgan fingerprint density at radius 3 is 1.42 bits per heavy atom. The maximum absolute atomic E-state index is 12.7. The van der Waals surface area contributed by atoms with E-state index < -0.39 is 6.23 Å². The number of amides is 2. The normalized spacial score (nSPS) is 11.3. The Hall–Kier alpha value is -4.42. The smallest absolute Gasteiger partial charge is 0.255 e. The zero-order valence-electron chi connectivity index (χ0n) is 17.7. The summed E-state index contributed by atoms with van der Waals surface area (Å²) in [6.45, 7) is 0. The van der Waals surface area contributed by atoms with E-state index in [1.165, 1.54) is 0 Å². The Balaban J connectivity index is 1.60. The summed E-state index contributed by atoms with van der Waals surface area (Å²) in [6.07, 6.45) is -0.969. The third-order valence-corrected chi connectivity index (χ3v) is 4.94. The Kier molecular flexibility index (Phi) is 6.78. The number of aliphatic hydroxyl groups is 1. The van der Waals surface area contributed by atoms with Gasteiger partial charge >= 0.3 is 0 Å². The molecule has 0 bridgehead atoms. The van der Waals surface area contributed by atoms with Crippen molar-refractivity contribution >= 4 is 28.9 Å². The van der Waals surface area contributed by atoms with Crippen molar-refractivity contribution in [2.75, 3.05) is 16.0 Å². The summed E-state index contributed by atoms with van der Waals surface area (Å²) in [5.41, 5.74) is 3.17. The van der Waals surface area contributed by atoms with Crippen LogP contribution in [0.2, 0.25) is 0 Å². The Morgan fingerprint density at radius 2 is 0.970 bits per heavy atom. The Labute approximate surface area is 191 Å². The third kappa shape index (κ3) is 5.84. The average Bonchev–Trinajstić information content (AvgIpc) is 2.85. The first-order chi connectivity index (χ1) is 16.1. The summed E-state index contributed by atoms with van der Waals surface area (Å²) in [7, 11) is 0. The minimum Gasteiger partial charge on any atom is -0.369 e. The van der Waals surface area contributed by atoms with Gasteiger partial charge in [-0.3, -0.25) is 9.59 Å². The summed E-state index contributed by atoms with van der Waals surface area (Å²) in [5, 5.41) is 19.3. The summed E-state index contributed by atoms with van der Waals surface area (Å²) < 4.78 is 0. The fourth-order valence-corrected chi connectivity index (χ4v) is 3.32. The molecule has 1 unspecified atom stereocenters. The van der Waals surface area contributed by atoms with E-state index in [0.717, 1.165) is 0 Å². The highest BCUT2D eigenvalue weighted by Gasteiger charge is 2.13. The van der Waals surface area contributed by atoms with Gasteiger partial charge < -0.3 is 21.1 Å². The van der Waals surface area contributed by atoms with E-state index in [0.29, 0.717) is 33.8 Å². The first-order valence-corrected chi connectivity index (χ1v) is 10.5. The second kappa shape index (κ2) is 10.3. The molecule has 0 radical (unpaired) electrons. The largest absolute Gasteiger partial charge is 0.369 e. The van der Waals surface area contributed by atoms with Crippen LogP contribution in [-0.2, 0) is 0 Å². The molecule has 0 spiro atoms. The van der Waals surface area contributed by atoms with Crippen LogP contribution in [0.4, 0.5) is 17.1 Å². The lowest BCUT2D eigenvalue weighted by Crippen LogP contribution is -2.15. The Bertz CT molecular complexity index is 1160. The van der Waals surface area contributed by atoms with E-state index in [-0.39, 0.29) is 11.8 Å². The molecule has 2 amide bonds. The Morgan fingerprint density at radius 1 is 0.576 bits per heavy atom. The number of carbonyl (C=O) groups is 2. The van der Waals surface area contributed by atoms with Crippen molar-refractivity contribution in [3.8, 4) is 0 Å². The van der Waals surface area contributed by atoms with Crippen LogP contribution in [0.5, 0.6) is 0 Å². The van der Waals surface area contributed by atoms with E-state index in [1.54, 1.807) is 78.9 Å². The molecule has 0 saturated carbocycles. The molecule has 6 heteroatoms. The third-order valence-electron chi connectivity index (χ3n) is 4.94. The maximum Gasteiger partial charge on any atom is 0.255 e. The molecule has 0 fully saturated rings. The lowest BCUT2D eigenvalue weighted by Gasteiger charge is -2.17. The summed E-state index contributed by atoms with van der Waals surface area (Å²) in [6, 6.07) is 31.9. The minimum absolute atomic E-state index is 0.281. The van der Waals surface area contributed by atoms with Crippen molar-refractivity contribution in [3.63, 3.8) is 0 Å². The van der Waals surface area contributed by atoms with Gasteiger partial charge in [-0.25, -0.2) is 0 Å². The molecule has 0 aliphatic heterocycles. The van der Waals surface area contributed by atoms with E-state index in [4.69, 9.17) is 0 Å². The molecule has 4 rings (SSSR count). The van der Waals surface area contributed by atoms with Gasteiger partial charge in [-0.2, -0.15) is 0 Å². The van der Waals surface area contributed by atoms with Crippen molar-refractivity contribution in [1.82, 2.24) is 0 Å². The monoisotopic (exact) mass is 437 g/mol. The molecule has 0 heterocycles. The van der Waals surface area contributed by atoms with Crippen LogP contribution >= 0.6 is 0 Å². The number of hydrogen-bond acceptors (Lipinski definition) is 4. The minimum atomic E-state index is -0.969. The van der Waals surface area contributed by atoms with Gasteiger partial charge in [0.2, 0.25) is 0 Å². The zero-order valence-corrected chi connectivity index (χ0v) is 17.7. The van der Waals surface area contributed by atoms with Crippen LogP contribution in [0.25, 0.3) is 0 Å². The number of hydrogen-bond donors (Lipinski definition) is 4. The molecule has 4 aromatic carbocycles.